The maximum absolute atomic E-state index is 9.63. The zero-order valence-corrected chi connectivity index (χ0v) is 35.7. The molecule has 0 saturated heterocycles. The van der Waals surface area contributed by atoms with E-state index in [0.717, 1.165) is 44.4 Å². The third kappa shape index (κ3) is 6.37. The standard InChI is InChI=1S/C45H45N7Si3/c1-45(2)34-18-13-12-17-32(34)33-22-21-29(27-35(33)45)31-24-26-39(44-42(31)50-55(7,8)51-44)52(37-20-14-19-36(41(37)47)48-53(3)4)38-25-23-30(28-15-10-9-11-16-28)40(46)43(38)49-54(5)6/h9-27,46-47H,1-8H3/b46-40?,47-41?,48-36-,49-43-. The van der Waals surface area contributed by atoms with Gasteiger partial charge in [-0.2, -0.15) is 0 Å². The molecule has 3 aliphatic carbocycles. The zero-order chi connectivity index (χ0) is 38.8. The zero-order valence-electron chi connectivity index (χ0n) is 32.7. The summed E-state index contributed by atoms with van der Waals surface area (Å²) < 4.78 is 21.0. The molecular weight excluding hydrogens is 723 g/mol. The second-order valence-electron chi connectivity index (χ2n) is 15.8. The Kier molecular flexibility index (Phi) is 9.10. The van der Waals surface area contributed by atoms with Crippen LogP contribution in [0.15, 0.2) is 145 Å². The molecule has 0 saturated carbocycles. The Balaban J connectivity index is 1.36. The van der Waals surface area contributed by atoms with Crippen LogP contribution >= 0.6 is 0 Å². The Morgan fingerprint density at radius 2 is 1.33 bits per heavy atom. The Morgan fingerprint density at radius 1 is 0.655 bits per heavy atom. The second-order valence-corrected chi connectivity index (χ2v) is 23.5. The topological polar surface area (TPSA) is 100 Å². The van der Waals surface area contributed by atoms with Crippen molar-refractivity contribution in [1.29, 1.82) is 10.8 Å². The predicted octanol–water partition coefficient (Wildman–Crippen LogP) is 9.28. The van der Waals surface area contributed by atoms with Gasteiger partial charge in [0.2, 0.25) is 0 Å². The monoisotopic (exact) mass is 767 g/mol. The van der Waals surface area contributed by atoms with Gasteiger partial charge in [-0.25, -0.2) is 0 Å². The van der Waals surface area contributed by atoms with Gasteiger partial charge in [-0.1, -0.05) is 119 Å². The minimum absolute atomic E-state index is 0.130. The minimum atomic E-state index is -2.43. The minimum Gasteiger partial charge on any atom is -0.321 e. The molecule has 0 bridgehead atoms. The van der Waals surface area contributed by atoms with Gasteiger partial charge in [0.1, 0.15) is 5.71 Å². The SMILES string of the molecule is C[Si](C)/N=C1/C=CC=C(N(C2=CC=C(c3ccccc3)C(=N)/C2=N\[Si](C)C)c2ccc(-c3ccc4c(c3)C(C)(C)c3ccccc3-4)c3c2=N[Si](C)(C)N=3)C1=N. The van der Waals surface area contributed by atoms with E-state index in [2.05, 4.69) is 119 Å². The van der Waals surface area contributed by atoms with Gasteiger partial charge in [0.15, 0.2) is 17.9 Å². The number of nitrogens with one attached hydrogen (secondary N) is 2. The van der Waals surface area contributed by atoms with Crippen molar-refractivity contribution in [3.63, 3.8) is 0 Å². The second kappa shape index (κ2) is 13.7. The van der Waals surface area contributed by atoms with Crippen molar-refractivity contribution < 1.29 is 0 Å². The molecule has 1 aliphatic heterocycles. The van der Waals surface area contributed by atoms with Gasteiger partial charge in [0.05, 0.1) is 44.9 Å². The summed E-state index contributed by atoms with van der Waals surface area (Å²) in [4.78, 5) is 2.11. The fraction of sp³-hybridized carbons (Fsp3) is 0.200. The summed E-state index contributed by atoms with van der Waals surface area (Å²) in [6.45, 7) is 17.5. The van der Waals surface area contributed by atoms with Crippen LogP contribution in [-0.2, 0) is 5.41 Å². The van der Waals surface area contributed by atoms with Crippen molar-refractivity contribution in [1.82, 2.24) is 0 Å². The number of nitrogens with zero attached hydrogens (tertiary/aromatic N) is 5. The van der Waals surface area contributed by atoms with Crippen molar-refractivity contribution in [3.05, 3.63) is 154 Å². The van der Waals surface area contributed by atoms with Crippen molar-refractivity contribution in [3.8, 4) is 22.3 Å². The van der Waals surface area contributed by atoms with Gasteiger partial charge in [-0.3, -0.25) is 20.1 Å². The average molecular weight is 768 g/mol. The Labute approximate surface area is 328 Å². The summed E-state index contributed by atoms with van der Waals surface area (Å²) in [5.41, 5.74) is 13.3. The van der Waals surface area contributed by atoms with Gasteiger partial charge < -0.3 is 14.2 Å². The summed E-state index contributed by atoms with van der Waals surface area (Å²) >= 11 is 0. The Morgan fingerprint density at radius 3 is 2.07 bits per heavy atom. The smallest absolute Gasteiger partial charge is 0.298 e. The molecule has 4 aliphatic rings. The molecule has 10 heteroatoms. The van der Waals surface area contributed by atoms with Crippen molar-refractivity contribution >= 4 is 60.4 Å². The number of allylic oxidation sites excluding steroid dienone is 8. The molecule has 0 spiro atoms. The highest BCUT2D eigenvalue weighted by Gasteiger charge is 2.37. The molecule has 2 radical (unpaired) electrons. The number of hydrogen-bond donors (Lipinski definition) is 2. The van der Waals surface area contributed by atoms with Crippen LogP contribution in [0.25, 0.3) is 27.8 Å². The quantitative estimate of drug-likeness (QED) is 0.142. The molecule has 4 aromatic carbocycles. The van der Waals surface area contributed by atoms with E-state index in [1.165, 1.54) is 22.3 Å². The van der Waals surface area contributed by atoms with Crippen LogP contribution in [0.5, 0.6) is 0 Å². The van der Waals surface area contributed by atoms with E-state index in [4.69, 9.17) is 18.6 Å². The molecule has 0 unspecified atom stereocenters. The van der Waals surface area contributed by atoms with E-state index in [1.54, 1.807) is 0 Å². The fourth-order valence-corrected chi connectivity index (χ4v) is 11.0. The van der Waals surface area contributed by atoms with Crippen LogP contribution in [0.1, 0.15) is 30.5 Å². The molecule has 55 heavy (non-hydrogen) atoms. The first-order valence-corrected chi connectivity index (χ1v) is 26.5. The first-order chi connectivity index (χ1) is 26.2. The normalized spacial score (nSPS) is 19.1. The van der Waals surface area contributed by atoms with Crippen molar-refractivity contribution in [2.24, 2.45) is 18.6 Å². The van der Waals surface area contributed by atoms with E-state index in [1.807, 2.05) is 54.6 Å². The van der Waals surface area contributed by atoms with Crippen LogP contribution in [-0.4, -0.2) is 49.2 Å². The van der Waals surface area contributed by atoms with Crippen LogP contribution < -0.4 is 15.6 Å². The molecule has 7 nitrogen and oxygen atoms in total. The van der Waals surface area contributed by atoms with Gasteiger partial charge in [-0.05, 0) is 82.9 Å². The van der Waals surface area contributed by atoms with E-state index in [0.29, 0.717) is 28.5 Å². The molecular formula is C45H45N7Si3. The van der Waals surface area contributed by atoms with Crippen LogP contribution in [0, 0.1) is 10.8 Å². The molecule has 0 fully saturated rings. The van der Waals surface area contributed by atoms with Crippen LogP contribution in [0.4, 0.5) is 5.69 Å². The van der Waals surface area contributed by atoms with Gasteiger partial charge >= 0.3 is 0 Å². The van der Waals surface area contributed by atoms with Crippen LogP contribution in [0.2, 0.25) is 39.3 Å². The van der Waals surface area contributed by atoms with E-state index < -0.39 is 26.3 Å². The lowest BCUT2D eigenvalue weighted by Gasteiger charge is -2.34. The highest BCUT2D eigenvalue weighted by Crippen LogP contribution is 2.49. The number of fused-ring (bicyclic) bond motifs is 4. The van der Waals surface area contributed by atoms with Gasteiger partial charge in [0, 0.05) is 16.6 Å². The highest BCUT2D eigenvalue weighted by molar-refractivity contribution is 6.74. The van der Waals surface area contributed by atoms with Gasteiger partial charge in [-0.15, -0.1) is 0 Å². The predicted molar refractivity (Wildman–Crippen MR) is 237 cm³/mol. The van der Waals surface area contributed by atoms with E-state index >= 15 is 0 Å². The Hall–Kier alpha value is -5.43. The molecule has 2 N–H and O–H groups in total. The highest BCUT2D eigenvalue weighted by atomic mass is 28.3. The summed E-state index contributed by atoms with van der Waals surface area (Å²) in [6, 6.07) is 30.0. The van der Waals surface area contributed by atoms with Crippen molar-refractivity contribution in [2.45, 2.75) is 58.5 Å². The lowest BCUT2D eigenvalue weighted by Crippen LogP contribution is -2.42. The van der Waals surface area contributed by atoms with E-state index in [9.17, 15) is 10.8 Å². The molecule has 4 aromatic rings. The third-order valence-corrected chi connectivity index (χ3v) is 13.4. The number of rotatable bonds is 7. The first kappa shape index (κ1) is 36.5. The van der Waals surface area contributed by atoms with Crippen molar-refractivity contribution in [2.75, 3.05) is 4.90 Å². The average Bonchev–Trinajstić information content (AvgIpc) is 3.60. The summed E-state index contributed by atoms with van der Waals surface area (Å²) in [5, 5.41) is 20.9. The maximum Gasteiger partial charge on any atom is 0.298 e. The summed E-state index contributed by atoms with van der Waals surface area (Å²) in [6.07, 6.45) is 9.98. The molecule has 0 aromatic heterocycles. The van der Waals surface area contributed by atoms with Crippen LogP contribution in [0.3, 0.4) is 0 Å². The molecule has 0 atom stereocenters. The summed E-state index contributed by atoms with van der Waals surface area (Å²) in [7, 11) is -4.64. The third-order valence-electron chi connectivity index (χ3n) is 10.5. The largest absolute Gasteiger partial charge is 0.321 e. The molecule has 272 valence electrons. The first-order valence-electron chi connectivity index (χ1n) is 18.8. The maximum atomic E-state index is 9.63. The number of anilines is 1. The lowest BCUT2D eigenvalue weighted by atomic mass is 9.81. The lowest BCUT2D eigenvalue weighted by molar-refractivity contribution is 0.660. The fourth-order valence-electron chi connectivity index (χ4n) is 8.04. The Bertz CT molecular complexity index is 2640. The number of benzene rings is 4. The molecule has 8 rings (SSSR count). The summed E-state index contributed by atoms with van der Waals surface area (Å²) in [5.74, 6) is 0. The van der Waals surface area contributed by atoms with Gasteiger partial charge in [0.25, 0.3) is 8.40 Å². The number of hydrogen-bond acceptors (Lipinski definition) is 7. The molecule has 0 amide bonds. The molecule has 1 heterocycles. The van der Waals surface area contributed by atoms with E-state index in [-0.39, 0.29) is 5.41 Å².